The monoisotopic (exact) mass is 226 g/mol. The van der Waals surface area contributed by atoms with E-state index in [4.69, 9.17) is 11.6 Å². The van der Waals surface area contributed by atoms with Gasteiger partial charge in [0.25, 0.3) is 0 Å². The zero-order valence-electron chi connectivity index (χ0n) is 9.13. The Bertz CT molecular complexity index is 357. The summed E-state index contributed by atoms with van der Waals surface area (Å²) in [5, 5.41) is 0.326. The molecule has 82 valence electrons. The van der Waals surface area contributed by atoms with Gasteiger partial charge in [-0.2, -0.15) is 0 Å². The molecular weight excluding hydrogens is 212 g/mol. The highest BCUT2D eigenvalue weighted by Crippen LogP contribution is 2.21. The fraction of sp³-hybridized carbons (Fsp3) is 0.400. The van der Waals surface area contributed by atoms with E-state index in [1.165, 1.54) is 6.20 Å². The zero-order chi connectivity index (χ0) is 11.5. The molecule has 0 atom stereocenters. The molecule has 0 radical (unpaired) electrons. The van der Waals surface area contributed by atoms with Gasteiger partial charge in [-0.3, -0.25) is 5.43 Å². The van der Waals surface area contributed by atoms with Crippen LogP contribution in [0.4, 0.5) is 5.82 Å². The summed E-state index contributed by atoms with van der Waals surface area (Å²) in [5.41, 5.74) is 6.64. The van der Waals surface area contributed by atoms with Crippen molar-refractivity contribution in [3.63, 3.8) is 0 Å². The molecule has 1 aromatic heterocycles. The number of anilines is 1. The van der Waals surface area contributed by atoms with Crippen LogP contribution in [0.5, 0.6) is 0 Å². The van der Waals surface area contributed by atoms with Crippen molar-refractivity contribution in [1.29, 1.82) is 0 Å². The molecule has 0 aromatic carbocycles. The van der Waals surface area contributed by atoms with Gasteiger partial charge in [0.2, 0.25) is 0 Å². The molecule has 0 aliphatic rings. The zero-order valence-corrected chi connectivity index (χ0v) is 9.89. The van der Waals surface area contributed by atoms with Crippen LogP contribution in [0, 0.1) is 5.41 Å². The third-order valence-electron chi connectivity index (χ3n) is 1.89. The molecular formula is C10H15ClN4. The van der Waals surface area contributed by atoms with Crippen molar-refractivity contribution in [2.75, 3.05) is 5.43 Å². The molecule has 1 rings (SSSR count). The quantitative estimate of drug-likeness (QED) is 0.778. The number of hydrogen-bond donors (Lipinski definition) is 2. The molecule has 1 aromatic rings. The lowest BCUT2D eigenvalue weighted by Crippen LogP contribution is -2.28. The number of allylic oxidation sites excluding steroid dienone is 1. The third kappa shape index (κ3) is 3.40. The first-order valence-electron chi connectivity index (χ1n) is 4.59. The molecule has 5 heteroatoms. The Morgan fingerprint density at radius 3 is 2.47 bits per heavy atom. The average Bonchev–Trinajstić information content (AvgIpc) is 2.14. The predicted octanol–water partition coefficient (Wildman–Crippen LogP) is 2.61. The fourth-order valence-electron chi connectivity index (χ4n) is 0.727. The van der Waals surface area contributed by atoms with Crippen LogP contribution in [0.15, 0.2) is 24.7 Å². The average molecular weight is 227 g/mol. The molecule has 0 aliphatic carbocycles. The van der Waals surface area contributed by atoms with Crippen LogP contribution in [-0.2, 0) is 0 Å². The molecule has 0 bridgehead atoms. The molecule has 0 fully saturated rings. The Kier molecular flexibility index (Phi) is 3.52. The summed E-state index contributed by atoms with van der Waals surface area (Å²) < 4.78 is 0. The van der Waals surface area contributed by atoms with Gasteiger partial charge < -0.3 is 5.43 Å². The Hall–Kier alpha value is -1.29. The Labute approximate surface area is 94.7 Å². The summed E-state index contributed by atoms with van der Waals surface area (Å²) in [6.07, 6.45) is 3.10. The summed E-state index contributed by atoms with van der Waals surface area (Å²) in [4.78, 5) is 7.91. The predicted molar refractivity (Wildman–Crippen MR) is 62.4 cm³/mol. The summed E-state index contributed by atoms with van der Waals surface area (Å²) in [6.45, 7) is 10.1. The van der Waals surface area contributed by atoms with E-state index >= 15 is 0 Å². The first kappa shape index (κ1) is 11.8. The van der Waals surface area contributed by atoms with Crippen LogP contribution in [0.3, 0.4) is 0 Å². The van der Waals surface area contributed by atoms with E-state index in [0.29, 0.717) is 11.0 Å². The Morgan fingerprint density at radius 2 is 1.93 bits per heavy atom. The van der Waals surface area contributed by atoms with Crippen molar-refractivity contribution < 1.29 is 0 Å². The van der Waals surface area contributed by atoms with Crippen LogP contribution in [0.1, 0.15) is 20.8 Å². The lowest BCUT2D eigenvalue weighted by Gasteiger charge is -2.23. The van der Waals surface area contributed by atoms with Crippen molar-refractivity contribution in [3.8, 4) is 0 Å². The van der Waals surface area contributed by atoms with Crippen LogP contribution < -0.4 is 10.9 Å². The minimum absolute atomic E-state index is 0.0261. The smallest absolute Gasteiger partial charge is 0.182 e. The van der Waals surface area contributed by atoms with E-state index < -0.39 is 0 Å². The SMILES string of the molecule is C=C(NNc1nccnc1Cl)C(C)(C)C. The minimum atomic E-state index is -0.0261. The molecule has 0 saturated carbocycles. The fourth-order valence-corrected chi connectivity index (χ4v) is 0.879. The van der Waals surface area contributed by atoms with Gasteiger partial charge in [0.05, 0.1) is 0 Å². The maximum atomic E-state index is 5.82. The molecule has 2 N–H and O–H groups in total. The molecule has 15 heavy (non-hydrogen) atoms. The highest BCUT2D eigenvalue weighted by atomic mass is 35.5. The molecule has 0 aliphatic heterocycles. The number of hydrazine groups is 1. The maximum absolute atomic E-state index is 5.82. The number of aromatic nitrogens is 2. The first-order chi connectivity index (χ1) is 6.91. The molecule has 1 heterocycles. The minimum Gasteiger partial charge on any atom is -0.304 e. The summed E-state index contributed by atoms with van der Waals surface area (Å²) in [5.74, 6) is 0.490. The van der Waals surface area contributed by atoms with Crippen molar-refractivity contribution >= 4 is 17.4 Å². The first-order valence-corrected chi connectivity index (χ1v) is 4.97. The summed E-state index contributed by atoms with van der Waals surface area (Å²) in [7, 11) is 0. The second-order valence-corrected chi connectivity index (χ2v) is 4.53. The van der Waals surface area contributed by atoms with E-state index in [0.717, 1.165) is 5.70 Å². The van der Waals surface area contributed by atoms with Crippen LogP contribution >= 0.6 is 11.6 Å². The van der Waals surface area contributed by atoms with Gasteiger partial charge >= 0.3 is 0 Å². The molecule has 4 nitrogen and oxygen atoms in total. The highest BCUT2D eigenvalue weighted by Gasteiger charge is 2.14. The summed E-state index contributed by atoms with van der Waals surface area (Å²) >= 11 is 5.82. The van der Waals surface area contributed by atoms with Gasteiger partial charge in [0, 0.05) is 23.5 Å². The van der Waals surface area contributed by atoms with E-state index in [2.05, 4.69) is 48.2 Å². The van der Waals surface area contributed by atoms with Crippen LogP contribution in [0.2, 0.25) is 5.15 Å². The molecule has 0 amide bonds. The number of rotatable bonds is 3. The van der Waals surface area contributed by atoms with Gasteiger partial charge in [0.1, 0.15) is 0 Å². The van der Waals surface area contributed by atoms with E-state index in [1.807, 2.05) is 0 Å². The largest absolute Gasteiger partial charge is 0.304 e. The lowest BCUT2D eigenvalue weighted by molar-refractivity contribution is 0.474. The van der Waals surface area contributed by atoms with E-state index in [-0.39, 0.29) is 5.41 Å². The Balaban J connectivity index is 2.59. The van der Waals surface area contributed by atoms with Crippen molar-refractivity contribution in [2.24, 2.45) is 5.41 Å². The number of nitrogens with zero attached hydrogens (tertiary/aromatic N) is 2. The summed E-state index contributed by atoms with van der Waals surface area (Å²) in [6, 6.07) is 0. The van der Waals surface area contributed by atoms with Crippen molar-refractivity contribution in [2.45, 2.75) is 20.8 Å². The van der Waals surface area contributed by atoms with Crippen molar-refractivity contribution in [1.82, 2.24) is 15.4 Å². The number of hydrogen-bond acceptors (Lipinski definition) is 4. The van der Waals surface area contributed by atoms with Gasteiger partial charge in [-0.1, -0.05) is 39.0 Å². The number of halogens is 1. The second-order valence-electron chi connectivity index (χ2n) is 4.17. The van der Waals surface area contributed by atoms with Crippen molar-refractivity contribution in [3.05, 3.63) is 29.8 Å². The lowest BCUT2D eigenvalue weighted by atomic mass is 9.93. The standard InChI is InChI=1S/C10H15ClN4/c1-7(10(2,3)4)14-15-9-8(11)12-5-6-13-9/h5-6,14H,1H2,2-4H3,(H,13,15). The normalized spacial score (nSPS) is 10.9. The topological polar surface area (TPSA) is 49.8 Å². The van der Waals surface area contributed by atoms with Gasteiger partial charge in [-0.25, -0.2) is 9.97 Å². The molecule has 0 unspecified atom stereocenters. The van der Waals surface area contributed by atoms with Gasteiger partial charge in [-0.15, -0.1) is 0 Å². The Morgan fingerprint density at radius 1 is 1.33 bits per heavy atom. The van der Waals surface area contributed by atoms with Crippen LogP contribution in [0.25, 0.3) is 0 Å². The van der Waals surface area contributed by atoms with Gasteiger partial charge in [-0.05, 0) is 0 Å². The third-order valence-corrected chi connectivity index (χ3v) is 2.17. The number of nitrogens with one attached hydrogen (secondary N) is 2. The van der Waals surface area contributed by atoms with Gasteiger partial charge in [0.15, 0.2) is 11.0 Å². The molecule has 0 spiro atoms. The van der Waals surface area contributed by atoms with E-state index in [1.54, 1.807) is 6.20 Å². The molecule has 0 saturated heterocycles. The van der Waals surface area contributed by atoms with Crippen LogP contribution in [-0.4, -0.2) is 9.97 Å². The highest BCUT2D eigenvalue weighted by molar-refractivity contribution is 6.31. The van der Waals surface area contributed by atoms with E-state index in [9.17, 15) is 0 Å². The second kappa shape index (κ2) is 4.49. The maximum Gasteiger partial charge on any atom is 0.182 e.